The Labute approximate surface area is 128 Å². The van der Waals surface area contributed by atoms with Gasteiger partial charge in [-0.15, -0.1) is 0 Å². The Morgan fingerprint density at radius 1 is 1.24 bits per heavy atom. The summed E-state index contributed by atoms with van der Waals surface area (Å²) in [7, 11) is -2.10. The molecule has 1 heterocycles. The van der Waals surface area contributed by atoms with E-state index in [2.05, 4.69) is 4.72 Å². The van der Waals surface area contributed by atoms with Crippen LogP contribution in [0.3, 0.4) is 0 Å². The molecule has 0 fully saturated rings. The zero-order chi connectivity index (χ0) is 15.6. The van der Waals surface area contributed by atoms with Crippen LogP contribution in [0.15, 0.2) is 33.6 Å². The lowest BCUT2D eigenvalue weighted by atomic mass is 10.1. The summed E-state index contributed by atoms with van der Waals surface area (Å²) in [4.78, 5) is 0.251. The van der Waals surface area contributed by atoms with E-state index in [-0.39, 0.29) is 16.7 Å². The summed E-state index contributed by atoms with van der Waals surface area (Å²) < 4.78 is 37.6. The second kappa shape index (κ2) is 6.09. The first-order chi connectivity index (χ1) is 9.83. The molecule has 2 aromatic rings. The van der Waals surface area contributed by atoms with Crippen molar-refractivity contribution in [2.45, 2.75) is 25.3 Å². The zero-order valence-corrected chi connectivity index (χ0v) is 13.5. The van der Waals surface area contributed by atoms with Gasteiger partial charge in [0.25, 0.3) is 0 Å². The Hall–Kier alpha value is -1.50. The first kappa shape index (κ1) is 15.9. The molecule has 0 aliphatic rings. The fourth-order valence-electron chi connectivity index (χ4n) is 2.14. The number of ether oxygens (including phenoxy) is 1. The Bertz CT molecular complexity index is 729. The van der Waals surface area contributed by atoms with Crippen molar-refractivity contribution in [2.75, 3.05) is 7.11 Å². The lowest BCUT2D eigenvalue weighted by Crippen LogP contribution is -2.24. The van der Waals surface area contributed by atoms with Gasteiger partial charge in [0.2, 0.25) is 10.0 Å². The van der Waals surface area contributed by atoms with Gasteiger partial charge in [-0.1, -0.05) is 0 Å². The number of nitrogens with one attached hydrogen (secondary N) is 1. The molecule has 0 saturated carbocycles. The Morgan fingerprint density at radius 3 is 2.33 bits per heavy atom. The maximum atomic E-state index is 12.4. The summed E-state index contributed by atoms with van der Waals surface area (Å²) in [5.74, 6) is 1.08. The summed E-state index contributed by atoms with van der Waals surface area (Å²) in [5.41, 5.74) is 1.24. The van der Waals surface area contributed by atoms with Gasteiger partial charge in [0.1, 0.15) is 11.5 Å². The lowest BCUT2D eigenvalue weighted by Gasteiger charge is -2.13. The second-order valence-electron chi connectivity index (χ2n) is 4.62. The number of benzene rings is 1. The zero-order valence-electron chi connectivity index (χ0n) is 11.9. The third kappa shape index (κ3) is 3.58. The van der Waals surface area contributed by atoms with E-state index >= 15 is 0 Å². The number of sulfonamides is 1. The van der Waals surface area contributed by atoms with Crippen LogP contribution < -0.4 is 9.46 Å². The van der Waals surface area contributed by atoms with E-state index in [9.17, 15) is 8.42 Å². The number of hydrogen-bond donors (Lipinski definition) is 1. The highest BCUT2D eigenvalue weighted by atomic mass is 35.5. The molecule has 0 aliphatic heterocycles. The van der Waals surface area contributed by atoms with E-state index in [1.54, 1.807) is 45.2 Å². The van der Waals surface area contributed by atoms with Crippen LogP contribution in [0.2, 0.25) is 5.22 Å². The maximum absolute atomic E-state index is 12.4. The Morgan fingerprint density at radius 2 is 1.86 bits per heavy atom. The highest BCUT2D eigenvalue weighted by molar-refractivity contribution is 7.89. The molecule has 1 aromatic heterocycles. The van der Waals surface area contributed by atoms with Crippen LogP contribution in [0.25, 0.3) is 0 Å². The number of hydrogen-bond acceptors (Lipinski definition) is 4. The fourth-order valence-corrected chi connectivity index (χ4v) is 3.74. The minimum atomic E-state index is -3.64. The van der Waals surface area contributed by atoms with E-state index in [4.69, 9.17) is 20.8 Å². The minimum Gasteiger partial charge on any atom is -0.497 e. The molecule has 0 spiro atoms. The van der Waals surface area contributed by atoms with Gasteiger partial charge in [0.05, 0.1) is 18.6 Å². The number of rotatable bonds is 5. The van der Waals surface area contributed by atoms with Gasteiger partial charge >= 0.3 is 0 Å². The third-order valence-corrected chi connectivity index (χ3v) is 4.91. The average Bonchev–Trinajstić information content (AvgIpc) is 2.81. The average molecular weight is 330 g/mol. The molecule has 7 heteroatoms. The first-order valence-corrected chi connectivity index (χ1v) is 8.08. The van der Waals surface area contributed by atoms with Crippen molar-refractivity contribution in [2.24, 2.45) is 0 Å². The SMILES string of the molecule is COc1cc(C)c(S(=O)(=O)NCc2ccc(Cl)o2)c(C)c1. The van der Waals surface area contributed by atoms with Crippen LogP contribution in [0.5, 0.6) is 5.75 Å². The predicted octanol–water partition coefficient (Wildman–Crippen LogP) is 3.04. The van der Waals surface area contributed by atoms with Crippen LogP contribution in [-0.4, -0.2) is 15.5 Å². The molecule has 2 rings (SSSR count). The van der Waals surface area contributed by atoms with Crippen molar-refractivity contribution in [3.8, 4) is 5.75 Å². The number of aryl methyl sites for hydroxylation is 2. The molecule has 21 heavy (non-hydrogen) atoms. The van der Waals surface area contributed by atoms with E-state index < -0.39 is 10.0 Å². The Balaban J connectivity index is 2.27. The molecule has 0 unspecified atom stereocenters. The van der Waals surface area contributed by atoms with Crippen LogP contribution in [0.4, 0.5) is 0 Å². The highest BCUT2D eigenvalue weighted by Crippen LogP contribution is 2.25. The second-order valence-corrected chi connectivity index (χ2v) is 6.70. The molecule has 0 amide bonds. The number of methoxy groups -OCH3 is 1. The molecule has 1 aromatic carbocycles. The van der Waals surface area contributed by atoms with Crippen molar-refractivity contribution in [3.05, 3.63) is 46.4 Å². The van der Waals surface area contributed by atoms with Gasteiger partial charge < -0.3 is 9.15 Å². The summed E-state index contributed by atoms with van der Waals surface area (Å²) in [6, 6.07) is 6.56. The molecule has 114 valence electrons. The van der Waals surface area contributed by atoms with Crippen LogP contribution in [0.1, 0.15) is 16.9 Å². The molecule has 1 N–H and O–H groups in total. The molecule has 0 aliphatic carbocycles. The topological polar surface area (TPSA) is 68.5 Å². The molecule has 5 nitrogen and oxygen atoms in total. The van der Waals surface area contributed by atoms with E-state index in [0.29, 0.717) is 22.6 Å². The van der Waals surface area contributed by atoms with Crippen LogP contribution >= 0.6 is 11.6 Å². The normalized spacial score (nSPS) is 11.6. The standard InChI is InChI=1S/C14H16ClNO4S/c1-9-6-12(19-3)7-10(2)14(9)21(17,18)16-8-11-4-5-13(15)20-11/h4-7,16H,8H2,1-3H3. The molecule has 0 radical (unpaired) electrons. The largest absolute Gasteiger partial charge is 0.497 e. The first-order valence-electron chi connectivity index (χ1n) is 6.22. The van der Waals surface area contributed by atoms with Gasteiger partial charge in [0, 0.05) is 0 Å². The van der Waals surface area contributed by atoms with Gasteiger partial charge in [0.15, 0.2) is 5.22 Å². The van der Waals surface area contributed by atoms with Crippen molar-refractivity contribution in [3.63, 3.8) is 0 Å². The van der Waals surface area contributed by atoms with Crippen LogP contribution in [-0.2, 0) is 16.6 Å². The number of halogens is 1. The van der Waals surface area contributed by atoms with Gasteiger partial charge in [-0.2, -0.15) is 0 Å². The smallest absolute Gasteiger partial charge is 0.241 e. The lowest BCUT2D eigenvalue weighted by molar-refractivity contribution is 0.413. The summed E-state index contributed by atoms with van der Waals surface area (Å²) >= 11 is 5.65. The molecular formula is C14H16ClNO4S. The van der Waals surface area contributed by atoms with Crippen molar-refractivity contribution in [1.82, 2.24) is 4.72 Å². The van der Waals surface area contributed by atoms with Crippen molar-refractivity contribution in [1.29, 1.82) is 0 Å². The Kier molecular flexibility index (Phi) is 4.61. The third-order valence-electron chi connectivity index (χ3n) is 3.00. The fraction of sp³-hybridized carbons (Fsp3) is 0.286. The van der Waals surface area contributed by atoms with E-state index in [0.717, 1.165) is 0 Å². The van der Waals surface area contributed by atoms with E-state index in [1.165, 1.54) is 0 Å². The molecular weight excluding hydrogens is 314 g/mol. The van der Waals surface area contributed by atoms with E-state index in [1.807, 2.05) is 0 Å². The monoisotopic (exact) mass is 329 g/mol. The maximum Gasteiger partial charge on any atom is 0.241 e. The van der Waals surface area contributed by atoms with Gasteiger partial charge in [-0.3, -0.25) is 0 Å². The minimum absolute atomic E-state index is 0.0416. The summed E-state index contributed by atoms with van der Waals surface area (Å²) in [5, 5.41) is 0.223. The van der Waals surface area contributed by atoms with Gasteiger partial charge in [-0.05, 0) is 60.8 Å². The molecule has 0 saturated heterocycles. The molecule has 0 bridgehead atoms. The van der Waals surface area contributed by atoms with Crippen molar-refractivity contribution >= 4 is 21.6 Å². The number of furan rings is 1. The van der Waals surface area contributed by atoms with Crippen molar-refractivity contribution < 1.29 is 17.6 Å². The summed E-state index contributed by atoms with van der Waals surface area (Å²) in [6.45, 7) is 3.50. The predicted molar refractivity (Wildman–Crippen MR) is 80.2 cm³/mol. The summed E-state index contributed by atoms with van der Waals surface area (Å²) in [6.07, 6.45) is 0. The highest BCUT2D eigenvalue weighted by Gasteiger charge is 2.20. The quantitative estimate of drug-likeness (QED) is 0.915. The molecule has 0 atom stereocenters. The van der Waals surface area contributed by atoms with Gasteiger partial charge in [-0.25, -0.2) is 13.1 Å². The van der Waals surface area contributed by atoms with Crippen LogP contribution in [0, 0.1) is 13.8 Å².